The Labute approximate surface area is 129 Å². The van der Waals surface area contributed by atoms with Crippen LogP contribution in [0, 0.1) is 5.82 Å². The van der Waals surface area contributed by atoms with Gasteiger partial charge in [0, 0.05) is 12.0 Å². The van der Waals surface area contributed by atoms with Crippen molar-refractivity contribution < 1.29 is 9.18 Å². The molecule has 1 nitrogen and oxygen atoms in total. The minimum absolute atomic E-state index is 0.0702. The molecule has 110 valence electrons. The number of benzene rings is 3. The normalized spacial score (nSPS) is 10.8. The fourth-order valence-electron chi connectivity index (χ4n) is 2.63. The molecule has 3 aromatic carbocycles. The van der Waals surface area contributed by atoms with Gasteiger partial charge < -0.3 is 0 Å². The summed E-state index contributed by atoms with van der Waals surface area (Å²) in [5.41, 5.74) is 1.82. The van der Waals surface area contributed by atoms with E-state index in [0.717, 1.165) is 12.8 Å². The van der Waals surface area contributed by atoms with E-state index in [1.165, 1.54) is 28.5 Å². The van der Waals surface area contributed by atoms with E-state index in [1.807, 2.05) is 12.1 Å². The summed E-state index contributed by atoms with van der Waals surface area (Å²) < 4.78 is 12.8. The predicted molar refractivity (Wildman–Crippen MR) is 87.6 cm³/mol. The van der Waals surface area contributed by atoms with E-state index in [1.54, 1.807) is 12.1 Å². The van der Waals surface area contributed by atoms with Crippen LogP contribution in [0.1, 0.15) is 28.8 Å². The van der Waals surface area contributed by atoms with E-state index in [4.69, 9.17) is 0 Å². The van der Waals surface area contributed by atoms with Crippen LogP contribution in [0.2, 0.25) is 0 Å². The lowest BCUT2D eigenvalue weighted by molar-refractivity contribution is 0.0980. The first-order valence-electron chi connectivity index (χ1n) is 7.49. The second-order valence-corrected chi connectivity index (χ2v) is 5.47. The average molecular weight is 292 g/mol. The molecular weight excluding hydrogens is 275 g/mol. The molecule has 0 bridgehead atoms. The summed E-state index contributed by atoms with van der Waals surface area (Å²) in [5.74, 6) is -0.242. The molecule has 0 amide bonds. The van der Waals surface area contributed by atoms with E-state index in [9.17, 15) is 9.18 Å². The maximum atomic E-state index is 12.8. The second-order valence-electron chi connectivity index (χ2n) is 5.47. The molecular formula is C20H17FO. The summed E-state index contributed by atoms with van der Waals surface area (Å²) in [6.07, 6.45) is 2.16. The van der Waals surface area contributed by atoms with Crippen LogP contribution < -0.4 is 0 Å². The number of hydrogen-bond donors (Lipinski definition) is 0. The van der Waals surface area contributed by atoms with Crippen LogP contribution in [0.4, 0.5) is 4.39 Å². The first-order valence-corrected chi connectivity index (χ1v) is 7.49. The van der Waals surface area contributed by atoms with Crippen molar-refractivity contribution in [3.63, 3.8) is 0 Å². The van der Waals surface area contributed by atoms with Gasteiger partial charge >= 0.3 is 0 Å². The first-order chi connectivity index (χ1) is 10.7. The molecule has 0 aliphatic carbocycles. The van der Waals surface area contributed by atoms with Gasteiger partial charge in [-0.15, -0.1) is 0 Å². The van der Waals surface area contributed by atoms with Crippen molar-refractivity contribution in [2.24, 2.45) is 0 Å². The molecule has 0 saturated heterocycles. The molecule has 0 aromatic heterocycles. The SMILES string of the molecule is O=C(CCCc1ccc2ccccc2c1)c1ccc(F)cc1. The van der Waals surface area contributed by atoms with Crippen LogP contribution in [-0.4, -0.2) is 5.78 Å². The second kappa shape index (κ2) is 6.52. The minimum atomic E-state index is -0.312. The van der Waals surface area contributed by atoms with Crippen molar-refractivity contribution in [2.75, 3.05) is 0 Å². The lowest BCUT2D eigenvalue weighted by Crippen LogP contribution is -2.00. The van der Waals surface area contributed by atoms with Crippen molar-refractivity contribution in [1.29, 1.82) is 0 Å². The highest BCUT2D eigenvalue weighted by Crippen LogP contribution is 2.17. The van der Waals surface area contributed by atoms with Crippen molar-refractivity contribution in [1.82, 2.24) is 0 Å². The number of fused-ring (bicyclic) bond motifs is 1. The number of halogens is 1. The predicted octanol–water partition coefficient (Wildman–Crippen LogP) is 5.18. The standard InChI is InChI=1S/C20H17FO/c21-19-12-10-17(11-13-19)20(22)7-3-4-15-8-9-16-5-1-2-6-18(16)14-15/h1-2,5-6,8-14H,3-4,7H2. The van der Waals surface area contributed by atoms with Crippen molar-refractivity contribution >= 4 is 16.6 Å². The molecule has 3 rings (SSSR count). The third-order valence-electron chi connectivity index (χ3n) is 3.85. The topological polar surface area (TPSA) is 17.1 Å². The number of ketones is 1. The molecule has 22 heavy (non-hydrogen) atoms. The number of carbonyl (C=O) groups is 1. The third kappa shape index (κ3) is 3.40. The summed E-state index contributed by atoms with van der Waals surface area (Å²) >= 11 is 0. The van der Waals surface area contributed by atoms with Gasteiger partial charge in [-0.25, -0.2) is 4.39 Å². The summed E-state index contributed by atoms with van der Waals surface area (Å²) in [7, 11) is 0. The van der Waals surface area contributed by atoms with Crippen molar-refractivity contribution in [3.05, 3.63) is 83.7 Å². The van der Waals surface area contributed by atoms with Gasteiger partial charge in [-0.3, -0.25) is 4.79 Å². The van der Waals surface area contributed by atoms with Crippen LogP contribution >= 0.6 is 0 Å². The van der Waals surface area contributed by atoms with Gasteiger partial charge in [0.1, 0.15) is 5.82 Å². The Morgan fingerprint density at radius 3 is 2.36 bits per heavy atom. The van der Waals surface area contributed by atoms with Crippen LogP contribution in [0.3, 0.4) is 0 Å². The van der Waals surface area contributed by atoms with Crippen LogP contribution in [-0.2, 0) is 6.42 Å². The quantitative estimate of drug-likeness (QED) is 0.592. The minimum Gasteiger partial charge on any atom is -0.294 e. The highest BCUT2D eigenvalue weighted by molar-refractivity contribution is 5.96. The maximum absolute atomic E-state index is 12.8. The zero-order valence-corrected chi connectivity index (χ0v) is 12.3. The molecule has 0 atom stereocenters. The van der Waals surface area contributed by atoms with E-state index in [2.05, 4.69) is 30.3 Å². The Hall–Kier alpha value is -2.48. The van der Waals surface area contributed by atoms with E-state index in [0.29, 0.717) is 12.0 Å². The van der Waals surface area contributed by atoms with E-state index in [-0.39, 0.29) is 11.6 Å². The number of aryl methyl sites for hydroxylation is 1. The van der Waals surface area contributed by atoms with Crippen LogP contribution in [0.25, 0.3) is 10.8 Å². The molecule has 0 aliphatic heterocycles. The highest BCUT2D eigenvalue weighted by Gasteiger charge is 2.06. The molecule has 0 saturated carbocycles. The van der Waals surface area contributed by atoms with Gasteiger partial charge in [0.15, 0.2) is 5.78 Å². The van der Waals surface area contributed by atoms with Crippen molar-refractivity contribution in [3.8, 4) is 0 Å². The summed E-state index contributed by atoms with van der Waals surface area (Å²) in [6, 6.07) is 20.4. The number of carbonyl (C=O) groups excluding carboxylic acids is 1. The summed E-state index contributed by atoms with van der Waals surface area (Å²) in [6.45, 7) is 0. The van der Waals surface area contributed by atoms with Gasteiger partial charge in [-0.1, -0.05) is 42.5 Å². The molecule has 0 heterocycles. The highest BCUT2D eigenvalue weighted by atomic mass is 19.1. The Kier molecular flexibility index (Phi) is 4.29. The molecule has 0 aliphatic rings. The number of rotatable bonds is 5. The number of Topliss-reactive ketones (excluding diaryl/α,β-unsaturated/α-hetero) is 1. The molecule has 0 spiro atoms. The first kappa shape index (κ1) is 14.5. The van der Waals surface area contributed by atoms with Gasteiger partial charge in [0.25, 0.3) is 0 Å². The Morgan fingerprint density at radius 2 is 1.59 bits per heavy atom. The molecule has 0 fully saturated rings. The van der Waals surface area contributed by atoms with Crippen LogP contribution in [0.15, 0.2) is 66.7 Å². The largest absolute Gasteiger partial charge is 0.294 e. The lowest BCUT2D eigenvalue weighted by atomic mass is 10.0. The molecule has 0 radical (unpaired) electrons. The van der Waals surface area contributed by atoms with Crippen molar-refractivity contribution in [2.45, 2.75) is 19.3 Å². The summed E-state index contributed by atoms with van der Waals surface area (Å²) in [4.78, 5) is 12.0. The molecule has 0 unspecified atom stereocenters. The van der Waals surface area contributed by atoms with Gasteiger partial charge in [-0.2, -0.15) is 0 Å². The summed E-state index contributed by atoms with van der Waals surface area (Å²) in [5, 5.41) is 2.46. The molecule has 0 N–H and O–H groups in total. The monoisotopic (exact) mass is 292 g/mol. The van der Waals surface area contributed by atoms with Gasteiger partial charge in [-0.05, 0) is 53.4 Å². The smallest absolute Gasteiger partial charge is 0.162 e. The Bertz CT molecular complexity index is 790. The fraction of sp³-hybridized carbons (Fsp3) is 0.150. The fourth-order valence-corrected chi connectivity index (χ4v) is 2.63. The van der Waals surface area contributed by atoms with Crippen LogP contribution in [0.5, 0.6) is 0 Å². The van der Waals surface area contributed by atoms with E-state index < -0.39 is 0 Å². The Balaban J connectivity index is 1.59. The average Bonchev–Trinajstić information content (AvgIpc) is 2.55. The third-order valence-corrected chi connectivity index (χ3v) is 3.85. The molecule has 2 heteroatoms. The zero-order chi connectivity index (χ0) is 15.4. The molecule has 3 aromatic rings. The Morgan fingerprint density at radius 1 is 0.864 bits per heavy atom. The number of hydrogen-bond acceptors (Lipinski definition) is 1. The van der Waals surface area contributed by atoms with Gasteiger partial charge in [0.05, 0.1) is 0 Å². The van der Waals surface area contributed by atoms with Gasteiger partial charge in [0.2, 0.25) is 0 Å². The van der Waals surface area contributed by atoms with E-state index >= 15 is 0 Å². The zero-order valence-electron chi connectivity index (χ0n) is 12.3. The lowest BCUT2D eigenvalue weighted by Gasteiger charge is -2.04. The maximum Gasteiger partial charge on any atom is 0.162 e.